The molecule has 4 N–H and O–H groups in total. The van der Waals surface area contributed by atoms with E-state index in [0.29, 0.717) is 84.2 Å². The molecule has 0 spiro atoms. The molecule has 12 aliphatic rings. The number of methoxy groups -OCH3 is 1. The fraction of sp³-hybridized carbons (Fsp3) is 0.674. The highest BCUT2D eigenvalue weighted by atomic mass is 35.5. The van der Waals surface area contributed by atoms with Crippen molar-refractivity contribution in [3.05, 3.63) is 87.4 Å². The molecule has 4 bridgehead atoms. The molecule has 4 aromatic rings. The van der Waals surface area contributed by atoms with Crippen LogP contribution in [0.4, 0.5) is 0 Å². The van der Waals surface area contributed by atoms with Crippen molar-refractivity contribution in [1.82, 2.24) is 49.0 Å². The third-order valence-electron chi connectivity index (χ3n) is 28.0. The van der Waals surface area contributed by atoms with Crippen molar-refractivity contribution in [3.63, 3.8) is 0 Å². The van der Waals surface area contributed by atoms with Crippen LogP contribution >= 0.6 is 11.6 Å². The third-order valence-corrected chi connectivity index (χ3v) is 32.6. The van der Waals surface area contributed by atoms with Gasteiger partial charge in [-0.3, -0.25) is 66.5 Å². The fourth-order valence-corrected chi connectivity index (χ4v) is 22.7. The number of carbonyl (C=O) groups is 8. The highest BCUT2D eigenvalue weighted by Gasteiger charge is 2.65. The Morgan fingerprint density at radius 1 is 0.525 bits per heavy atom. The van der Waals surface area contributed by atoms with Crippen LogP contribution < -0.4 is 45.4 Å². The zero-order valence-corrected chi connectivity index (χ0v) is 69.6. The van der Waals surface area contributed by atoms with Gasteiger partial charge in [-0.25, -0.2) is 16.8 Å². The molecular formula is C86H115ClN10O19S2. The van der Waals surface area contributed by atoms with Crippen molar-refractivity contribution in [2.24, 2.45) is 47.3 Å². The minimum Gasteiger partial charge on any atom is -0.497 e. The Morgan fingerprint density at radius 2 is 0.915 bits per heavy atom. The Morgan fingerprint density at radius 3 is 1.31 bits per heavy atom. The number of halogens is 1. The van der Waals surface area contributed by atoms with Crippen LogP contribution in [0.25, 0.3) is 21.8 Å². The first kappa shape index (κ1) is 85.9. The Bertz CT molecular complexity index is 4960. The Labute approximate surface area is 694 Å². The number of amides is 6. The predicted molar refractivity (Wildman–Crippen MR) is 439 cm³/mol. The summed E-state index contributed by atoms with van der Waals surface area (Å²) in [6.07, 6.45) is 21.4. The zero-order chi connectivity index (χ0) is 82.7. The number of rotatable bonds is 15. The lowest BCUT2D eigenvalue weighted by molar-refractivity contribution is -0.157. The molecular weight excluding hydrogens is 1580 g/mol. The van der Waals surface area contributed by atoms with Crippen LogP contribution in [0.15, 0.2) is 71.3 Å². The lowest BCUT2D eigenvalue weighted by Gasteiger charge is -2.32. The van der Waals surface area contributed by atoms with Crippen molar-refractivity contribution in [2.75, 3.05) is 20.2 Å². The van der Waals surface area contributed by atoms with Crippen LogP contribution in [0.3, 0.4) is 0 Å². The van der Waals surface area contributed by atoms with Gasteiger partial charge < -0.3 is 44.1 Å². The molecule has 2 aromatic carbocycles. The quantitative estimate of drug-likeness (QED) is 0.0635. The molecule has 0 radical (unpaired) electrons. The zero-order valence-electron chi connectivity index (χ0n) is 67.2. The number of esters is 2. The summed E-state index contributed by atoms with van der Waals surface area (Å²) in [4.78, 5) is 155. The van der Waals surface area contributed by atoms with E-state index in [0.717, 1.165) is 128 Å². The number of hydrogen-bond donors (Lipinski definition) is 4. The average Bonchev–Trinajstić information content (AvgIpc) is 1.57. The van der Waals surface area contributed by atoms with Gasteiger partial charge in [-0.2, -0.15) is 9.97 Å². The van der Waals surface area contributed by atoms with Crippen LogP contribution in [-0.2, 0) is 81.0 Å². The van der Waals surface area contributed by atoms with E-state index in [-0.39, 0.29) is 130 Å². The number of hydrogen-bond acceptors (Lipinski definition) is 21. The van der Waals surface area contributed by atoms with Gasteiger partial charge >= 0.3 is 11.9 Å². The van der Waals surface area contributed by atoms with Crippen molar-refractivity contribution in [3.8, 4) is 17.8 Å². The van der Waals surface area contributed by atoms with E-state index < -0.39 is 124 Å². The molecule has 10 fully saturated rings. The number of sulfonamides is 2. The molecule has 642 valence electrons. The number of ether oxygens (including phenoxy) is 5. The molecule has 2 saturated heterocycles. The number of nitrogens with zero attached hydrogens (tertiary/aromatic N) is 6. The summed E-state index contributed by atoms with van der Waals surface area (Å²) in [6.45, 7) is 11.3. The predicted octanol–water partition coefficient (Wildman–Crippen LogP) is 9.87. The summed E-state index contributed by atoms with van der Waals surface area (Å²) in [6, 6.07) is 7.74. The molecule has 6 amide bonds. The van der Waals surface area contributed by atoms with Gasteiger partial charge in [-0.1, -0.05) is 82.5 Å². The van der Waals surface area contributed by atoms with Crippen molar-refractivity contribution >= 4 is 101 Å². The second kappa shape index (κ2) is 34.6. The Balaban J connectivity index is 0.000000192. The molecule has 118 heavy (non-hydrogen) atoms. The maximum absolute atomic E-state index is 15.0. The number of aromatic nitrogens is 4. The first-order valence-corrected chi connectivity index (χ1v) is 46.0. The fourth-order valence-electron chi connectivity index (χ4n) is 19.9. The normalized spacial score (nSPS) is 31.1. The maximum Gasteiger partial charge on any atom is 0.306 e. The van der Waals surface area contributed by atoms with Gasteiger partial charge in [0.1, 0.15) is 53.3 Å². The number of fused-ring (bicyclic) bond motifs is 10. The van der Waals surface area contributed by atoms with Crippen LogP contribution in [0.5, 0.6) is 17.8 Å². The van der Waals surface area contributed by atoms with Crippen molar-refractivity contribution in [2.45, 2.75) is 297 Å². The molecule has 4 aliphatic heterocycles. The number of benzene rings is 2. The summed E-state index contributed by atoms with van der Waals surface area (Å²) in [7, 11) is -6.50. The smallest absolute Gasteiger partial charge is 0.306 e. The van der Waals surface area contributed by atoms with E-state index in [1.54, 1.807) is 50.2 Å². The van der Waals surface area contributed by atoms with E-state index in [1.165, 1.54) is 38.2 Å². The van der Waals surface area contributed by atoms with Gasteiger partial charge in [-0.05, 0) is 196 Å². The second-order valence-corrected chi connectivity index (χ2v) is 40.7. The third kappa shape index (κ3) is 17.6. The molecule has 2 aromatic heterocycles. The number of carbonyl (C=O) groups excluding carboxylic acids is 8. The van der Waals surface area contributed by atoms with E-state index in [2.05, 4.69) is 33.2 Å². The standard InChI is InChI=1S/C43H57N5O10S.C42H54ClN5O9S.CH4/c1-4-28-24-43(28,40(53)46-59(54,55)42(2)18-19-42)45-37(50)34-22-30-25-48(34)39(52)32(26-11-7-8-12-26)23-36(49)58-35-15-10-14-27(35)13-6-5-9-20-47-38(51)31-17-16-29(56-3)21-33(31)44-41(47)57-30;1-3-27-23-42(27,39(53)46-58(54,55)41(2)17-18-41)45-36(50)33-21-29-24-48(33)38(52)31(25-10-6-7-11-25)22-35(49)57-34-14-9-13-26(34)12-5-4-8-19-47-37(51)30-16-15-28(43)20-32(30)44-40(47)56-29;/h4,16-17,21,26-28,30,32,34-35H,1,5-15,18-20,22-25H2,2-3H3,(H,45,50)(H,46,53);3,15-16,20,25-27,29,31,33-34H,1,4-14,17-19,21-24H2,2H3,(H,45,50)(H,46,53);1H4/t27-,28-,30-,32+,34+,35-,43-;26-,27-,29-,31+,33+,34-,42-;/m11./s1. The van der Waals surface area contributed by atoms with Crippen LogP contribution in [0.2, 0.25) is 5.02 Å². The molecule has 8 saturated carbocycles. The lowest BCUT2D eigenvalue weighted by atomic mass is 9.86. The summed E-state index contributed by atoms with van der Waals surface area (Å²) < 4.78 is 88.7. The lowest BCUT2D eigenvalue weighted by Crippen LogP contribution is -2.57. The first-order valence-electron chi connectivity index (χ1n) is 42.6. The molecule has 14 atom stereocenters. The molecule has 32 heteroatoms. The van der Waals surface area contributed by atoms with Gasteiger partial charge in [-0.15, -0.1) is 13.2 Å². The van der Waals surface area contributed by atoms with Crippen LogP contribution in [0.1, 0.15) is 227 Å². The van der Waals surface area contributed by atoms with E-state index in [9.17, 15) is 64.8 Å². The average molecular weight is 1690 g/mol. The molecule has 6 heterocycles. The highest BCUT2D eigenvalue weighted by molar-refractivity contribution is 7.92. The summed E-state index contributed by atoms with van der Waals surface area (Å²) >= 11 is 6.32. The van der Waals surface area contributed by atoms with Gasteiger partial charge in [0.05, 0.1) is 76.2 Å². The van der Waals surface area contributed by atoms with E-state index >= 15 is 0 Å². The largest absolute Gasteiger partial charge is 0.497 e. The highest BCUT2D eigenvalue weighted by Crippen LogP contribution is 2.50. The Kier molecular flexibility index (Phi) is 25.2. The summed E-state index contributed by atoms with van der Waals surface area (Å²) in [5.41, 5.74) is -3.00. The summed E-state index contributed by atoms with van der Waals surface area (Å²) in [5.74, 6) is -6.38. The van der Waals surface area contributed by atoms with Gasteiger partial charge in [0.2, 0.25) is 43.7 Å². The second-order valence-electron chi connectivity index (χ2n) is 35.8. The Hall–Kier alpha value is -8.45. The van der Waals surface area contributed by atoms with Crippen molar-refractivity contribution in [1.29, 1.82) is 0 Å². The minimum absolute atomic E-state index is 0. The first-order chi connectivity index (χ1) is 56.0. The van der Waals surface area contributed by atoms with Crippen LogP contribution in [0, 0.1) is 47.3 Å². The number of nitrogens with one attached hydrogen (secondary N) is 4. The van der Waals surface area contributed by atoms with E-state index in [1.807, 2.05) is 0 Å². The summed E-state index contributed by atoms with van der Waals surface area (Å²) in [5, 5.41) is 6.89. The molecule has 8 aliphatic carbocycles. The molecule has 16 rings (SSSR count). The monoisotopic (exact) mass is 1690 g/mol. The minimum atomic E-state index is -4.01. The van der Waals surface area contributed by atoms with Gasteiger partial charge in [0.15, 0.2) is 0 Å². The SMILES string of the molecule is C.C=C[C@@H]1C[C@]1(NC(=O)[C@@H]1C[C@@H]2CN1C(=O)[C@H](C1CCCC1)CC(=O)O[C@@H]1CCC[C@H]1CCCCCn1c(nc3cc(Cl)ccc3c1=O)O2)C(=O)NS(=O)(=O)C1(C)CC1.C=C[C@@H]1C[C@]1(NC(=O)[C@@H]1C[C@@H]2CN1C(=O)[C@H](C1CCCC1)CC(=O)O[C@@H]1CCC[C@H]1CCCCCn1c(nc3cc(OC)ccc3c1=O)O2)C(=O)NS(=O)(=O)C1(C)CC1. The molecule has 29 nitrogen and oxygen atoms in total. The van der Waals surface area contributed by atoms with Gasteiger partial charge in [0.25, 0.3) is 35.0 Å². The van der Waals surface area contributed by atoms with Crippen molar-refractivity contribution < 1.29 is 78.9 Å². The van der Waals surface area contributed by atoms with Gasteiger partial charge in [0, 0.05) is 48.9 Å². The topological polar surface area (TPSA) is 375 Å². The van der Waals surface area contributed by atoms with Crippen LogP contribution in [-0.4, -0.2) is 170 Å². The maximum atomic E-state index is 15.0. The van der Waals surface area contributed by atoms with E-state index in [4.69, 9.17) is 45.3 Å². The molecule has 0 unspecified atom stereocenters.